The molecule has 1 fully saturated rings. The average Bonchev–Trinajstić information content (AvgIpc) is 3.11. The number of aromatic nitrogens is 1. The number of fused-ring (bicyclic) bond motifs is 1. The quantitative estimate of drug-likeness (QED) is 0.557. The van der Waals surface area contributed by atoms with Crippen LogP contribution in [-0.4, -0.2) is 28.1 Å². The van der Waals surface area contributed by atoms with E-state index in [0.29, 0.717) is 0 Å². The van der Waals surface area contributed by atoms with Crippen LogP contribution in [0.3, 0.4) is 0 Å². The van der Waals surface area contributed by atoms with Crippen LogP contribution in [0.1, 0.15) is 38.7 Å². The van der Waals surface area contributed by atoms with E-state index in [1.165, 1.54) is 31.4 Å². The van der Waals surface area contributed by atoms with Gasteiger partial charge in [0.25, 0.3) is 0 Å². The first-order valence-electron chi connectivity index (χ1n) is 9.68. The lowest BCUT2D eigenvalue weighted by Crippen LogP contribution is -2.45. The first kappa shape index (κ1) is 17.8. The Bertz CT molecular complexity index is 996. The molecule has 1 saturated heterocycles. The zero-order chi connectivity index (χ0) is 18.9. The summed E-state index contributed by atoms with van der Waals surface area (Å²) in [5, 5.41) is 1.14. The highest BCUT2D eigenvalue weighted by atomic mass is 19.1. The van der Waals surface area contributed by atoms with Crippen LogP contribution in [0.5, 0.6) is 0 Å². The lowest BCUT2D eigenvalue weighted by Gasteiger charge is -2.37. The maximum absolute atomic E-state index is 13.2. The molecule has 0 saturated carbocycles. The fourth-order valence-electron chi connectivity index (χ4n) is 3.80. The highest BCUT2D eigenvalue weighted by molar-refractivity contribution is 5.83. The number of benzene rings is 2. The van der Waals surface area contributed by atoms with Crippen molar-refractivity contribution in [3.63, 3.8) is 0 Å². The number of hydrogen-bond acceptors (Lipinski definition) is 1. The lowest BCUT2D eigenvalue weighted by molar-refractivity contribution is 0.139. The van der Waals surface area contributed by atoms with Crippen molar-refractivity contribution in [3.8, 4) is 17.5 Å². The predicted octanol–water partition coefficient (Wildman–Crippen LogP) is 5.39. The summed E-state index contributed by atoms with van der Waals surface area (Å²) < 4.78 is 15.3. The Labute approximate surface area is 160 Å². The summed E-state index contributed by atoms with van der Waals surface area (Å²) in [7, 11) is 0. The number of halogens is 1. The molecule has 0 bridgehead atoms. The minimum Gasteiger partial charge on any atom is -0.317 e. The minimum atomic E-state index is -0.218. The molecule has 3 aromatic rings. The van der Waals surface area contributed by atoms with E-state index >= 15 is 0 Å². The summed E-state index contributed by atoms with van der Waals surface area (Å²) in [4.78, 5) is 2.49. The van der Waals surface area contributed by atoms with E-state index in [-0.39, 0.29) is 11.4 Å². The summed E-state index contributed by atoms with van der Waals surface area (Å²) in [6, 6.07) is 15.0. The van der Waals surface area contributed by atoms with Gasteiger partial charge in [0.2, 0.25) is 0 Å². The molecule has 4 rings (SSSR count). The number of hydrogen-bond donors (Lipinski definition) is 0. The van der Waals surface area contributed by atoms with Gasteiger partial charge in [-0.2, -0.15) is 0 Å². The van der Waals surface area contributed by atoms with Crippen molar-refractivity contribution in [3.05, 3.63) is 66.1 Å². The molecule has 27 heavy (non-hydrogen) atoms. The van der Waals surface area contributed by atoms with E-state index in [1.54, 1.807) is 12.1 Å². The van der Waals surface area contributed by atoms with Gasteiger partial charge in [-0.25, -0.2) is 4.39 Å². The Morgan fingerprint density at radius 1 is 0.926 bits per heavy atom. The number of nitrogens with zero attached hydrogens (tertiary/aromatic N) is 2. The average molecular weight is 360 g/mol. The van der Waals surface area contributed by atoms with Crippen LogP contribution in [0, 0.1) is 17.7 Å². The van der Waals surface area contributed by atoms with Crippen molar-refractivity contribution in [2.75, 3.05) is 13.1 Å². The molecular weight excluding hydrogens is 335 g/mol. The summed E-state index contributed by atoms with van der Waals surface area (Å²) in [5.41, 5.74) is 2.98. The molecule has 1 aliphatic heterocycles. The van der Waals surface area contributed by atoms with E-state index in [0.717, 1.165) is 35.2 Å². The molecule has 0 atom stereocenters. The smallest absolute Gasteiger partial charge is 0.123 e. The highest BCUT2D eigenvalue weighted by Gasteiger charge is 2.25. The van der Waals surface area contributed by atoms with Crippen LogP contribution in [0.25, 0.3) is 16.6 Å². The second kappa shape index (κ2) is 7.21. The SMILES string of the molecule is CC(C)(C#Cc1ccc2c(ccn2-c2ccc(F)cc2)c1)N1CCCCC1. The fraction of sp³-hybridized carbons (Fsp3) is 0.333. The predicted molar refractivity (Wildman–Crippen MR) is 110 cm³/mol. The first-order valence-corrected chi connectivity index (χ1v) is 9.68. The third kappa shape index (κ3) is 3.77. The molecule has 0 radical (unpaired) electrons. The molecule has 3 heteroatoms. The summed E-state index contributed by atoms with van der Waals surface area (Å²) in [6.45, 7) is 6.71. The Kier molecular flexibility index (Phi) is 4.76. The molecule has 0 spiro atoms. The maximum Gasteiger partial charge on any atom is 0.123 e. The Morgan fingerprint density at radius 2 is 1.67 bits per heavy atom. The van der Waals surface area contributed by atoms with Crippen LogP contribution >= 0.6 is 0 Å². The number of piperidine rings is 1. The zero-order valence-corrected chi connectivity index (χ0v) is 16.0. The molecule has 2 aromatic carbocycles. The molecule has 1 aliphatic rings. The third-order valence-corrected chi connectivity index (χ3v) is 5.45. The molecule has 0 aliphatic carbocycles. The van der Waals surface area contributed by atoms with Gasteiger partial charge in [0, 0.05) is 22.8 Å². The lowest BCUT2D eigenvalue weighted by atomic mass is 9.98. The Balaban J connectivity index is 1.61. The summed E-state index contributed by atoms with van der Waals surface area (Å²) >= 11 is 0. The van der Waals surface area contributed by atoms with Crippen LogP contribution in [0.2, 0.25) is 0 Å². The van der Waals surface area contributed by atoms with Crippen molar-refractivity contribution in [2.24, 2.45) is 0 Å². The molecule has 0 amide bonds. The van der Waals surface area contributed by atoms with Crippen molar-refractivity contribution in [1.82, 2.24) is 9.47 Å². The van der Waals surface area contributed by atoms with Crippen molar-refractivity contribution in [1.29, 1.82) is 0 Å². The zero-order valence-electron chi connectivity index (χ0n) is 16.0. The Hall–Kier alpha value is -2.57. The van der Waals surface area contributed by atoms with Crippen LogP contribution in [-0.2, 0) is 0 Å². The largest absolute Gasteiger partial charge is 0.317 e. The second-order valence-electron chi connectivity index (χ2n) is 7.79. The monoisotopic (exact) mass is 360 g/mol. The van der Waals surface area contributed by atoms with Crippen LogP contribution < -0.4 is 0 Å². The van der Waals surface area contributed by atoms with E-state index < -0.39 is 0 Å². The second-order valence-corrected chi connectivity index (χ2v) is 7.79. The number of rotatable bonds is 2. The fourth-order valence-corrected chi connectivity index (χ4v) is 3.80. The van der Waals surface area contributed by atoms with Gasteiger partial charge in [-0.05, 0) is 88.3 Å². The van der Waals surface area contributed by atoms with Crippen LogP contribution in [0.15, 0.2) is 54.7 Å². The van der Waals surface area contributed by atoms with Gasteiger partial charge in [-0.3, -0.25) is 4.90 Å². The molecule has 0 unspecified atom stereocenters. The normalized spacial score (nSPS) is 15.5. The Morgan fingerprint density at radius 3 is 2.41 bits per heavy atom. The first-order chi connectivity index (χ1) is 13.0. The minimum absolute atomic E-state index is 0.102. The van der Waals surface area contributed by atoms with Crippen molar-refractivity contribution in [2.45, 2.75) is 38.6 Å². The highest BCUT2D eigenvalue weighted by Crippen LogP contribution is 2.23. The van der Waals surface area contributed by atoms with Gasteiger partial charge in [-0.1, -0.05) is 18.3 Å². The van der Waals surface area contributed by atoms with Gasteiger partial charge >= 0.3 is 0 Å². The van der Waals surface area contributed by atoms with Crippen molar-refractivity contribution >= 4 is 10.9 Å². The van der Waals surface area contributed by atoms with E-state index in [1.807, 2.05) is 6.20 Å². The van der Waals surface area contributed by atoms with Gasteiger partial charge in [0.1, 0.15) is 5.82 Å². The molecule has 2 nitrogen and oxygen atoms in total. The molecule has 1 aromatic heterocycles. The summed E-state index contributed by atoms with van der Waals surface area (Å²) in [5.74, 6) is 6.64. The van der Waals surface area contributed by atoms with Gasteiger partial charge in [0.15, 0.2) is 0 Å². The van der Waals surface area contributed by atoms with Crippen molar-refractivity contribution < 1.29 is 4.39 Å². The number of likely N-dealkylation sites (tertiary alicyclic amines) is 1. The molecular formula is C24H25FN2. The van der Waals surface area contributed by atoms with Gasteiger partial charge in [0.05, 0.1) is 11.1 Å². The topological polar surface area (TPSA) is 8.17 Å². The van der Waals surface area contributed by atoms with E-state index in [9.17, 15) is 4.39 Å². The maximum atomic E-state index is 13.2. The summed E-state index contributed by atoms with van der Waals surface area (Å²) in [6.07, 6.45) is 5.90. The van der Waals surface area contributed by atoms with Gasteiger partial charge in [-0.15, -0.1) is 0 Å². The molecule has 2 heterocycles. The standard InChI is InChI=1S/C24H25FN2/c1-24(2,26-15-4-3-5-16-26)14-12-19-6-11-23-20(18-19)13-17-27(23)22-9-7-21(25)8-10-22/h6-11,13,17-18H,3-5,15-16H2,1-2H3. The third-order valence-electron chi connectivity index (χ3n) is 5.45. The van der Waals surface area contributed by atoms with E-state index in [2.05, 4.69) is 59.4 Å². The molecule has 0 N–H and O–H groups in total. The van der Waals surface area contributed by atoms with E-state index in [4.69, 9.17) is 0 Å². The van der Waals surface area contributed by atoms with Crippen LogP contribution in [0.4, 0.5) is 4.39 Å². The molecule has 138 valence electrons. The van der Waals surface area contributed by atoms with Gasteiger partial charge < -0.3 is 4.57 Å².